The standard InChI is InChI=1S/C17H25N/c1-4-6-7-8-17(18-5-2)14-13-16-11-9-15(3)10-12-16/h9-12,17-18H,5,7-8,13-14H2,1-3H3. The molecular formula is C17H25N. The second kappa shape index (κ2) is 8.78. The van der Waals surface area contributed by atoms with Crippen molar-refractivity contribution in [3.05, 3.63) is 35.4 Å². The molecule has 0 aliphatic rings. The lowest BCUT2D eigenvalue weighted by atomic mass is 10.0. The molecule has 1 heteroatoms. The highest BCUT2D eigenvalue weighted by molar-refractivity contribution is 5.21. The summed E-state index contributed by atoms with van der Waals surface area (Å²) in [5.41, 5.74) is 2.77. The Hall–Kier alpha value is -1.26. The molecule has 0 aliphatic carbocycles. The molecule has 1 N–H and O–H groups in total. The minimum atomic E-state index is 0.595. The number of hydrogen-bond donors (Lipinski definition) is 1. The molecule has 1 aromatic carbocycles. The van der Waals surface area contributed by atoms with Gasteiger partial charge in [-0.05, 0) is 45.2 Å². The SMILES string of the molecule is CC#CCCC(CCc1ccc(C)cc1)NCC. The predicted molar refractivity (Wildman–Crippen MR) is 79.6 cm³/mol. The summed E-state index contributed by atoms with van der Waals surface area (Å²) in [4.78, 5) is 0. The molecule has 1 aromatic rings. The van der Waals surface area contributed by atoms with E-state index >= 15 is 0 Å². The number of rotatable bonds is 7. The quantitative estimate of drug-likeness (QED) is 0.720. The fourth-order valence-corrected chi connectivity index (χ4v) is 2.10. The van der Waals surface area contributed by atoms with E-state index < -0.39 is 0 Å². The van der Waals surface area contributed by atoms with Gasteiger partial charge in [0, 0.05) is 12.5 Å². The van der Waals surface area contributed by atoms with Gasteiger partial charge in [0.2, 0.25) is 0 Å². The van der Waals surface area contributed by atoms with Gasteiger partial charge in [-0.3, -0.25) is 0 Å². The van der Waals surface area contributed by atoms with Gasteiger partial charge in [0.05, 0.1) is 0 Å². The van der Waals surface area contributed by atoms with Crippen LogP contribution in [0.3, 0.4) is 0 Å². The van der Waals surface area contributed by atoms with Crippen LogP contribution in [0.1, 0.15) is 44.2 Å². The van der Waals surface area contributed by atoms with Gasteiger partial charge in [-0.15, -0.1) is 11.8 Å². The fraction of sp³-hybridized carbons (Fsp3) is 0.529. The molecule has 0 heterocycles. The van der Waals surface area contributed by atoms with Crippen molar-refractivity contribution in [3.8, 4) is 11.8 Å². The van der Waals surface area contributed by atoms with Gasteiger partial charge >= 0.3 is 0 Å². The number of nitrogens with one attached hydrogen (secondary N) is 1. The summed E-state index contributed by atoms with van der Waals surface area (Å²) in [7, 11) is 0. The van der Waals surface area contributed by atoms with Crippen LogP contribution in [-0.4, -0.2) is 12.6 Å². The third-order valence-electron chi connectivity index (χ3n) is 3.19. The number of benzene rings is 1. The van der Waals surface area contributed by atoms with E-state index in [0.29, 0.717) is 6.04 Å². The monoisotopic (exact) mass is 243 g/mol. The van der Waals surface area contributed by atoms with Crippen molar-refractivity contribution < 1.29 is 0 Å². The van der Waals surface area contributed by atoms with E-state index in [-0.39, 0.29) is 0 Å². The summed E-state index contributed by atoms with van der Waals surface area (Å²) in [5, 5.41) is 3.56. The smallest absolute Gasteiger partial charge is 0.0103 e. The second-order valence-corrected chi connectivity index (χ2v) is 4.74. The first-order valence-electron chi connectivity index (χ1n) is 6.94. The Morgan fingerprint density at radius 2 is 1.89 bits per heavy atom. The van der Waals surface area contributed by atoms with E-state index in [2.05, 4.69) is 55.3 Å². The van der Waals surface area contributed by atoms with Gasteiger partial charge in [0.25, 0.3) is 0 Å². The average Bonchev–Trinajstić information content (AvgIpc) is 2.38. The van der Waals surface area contributed by atoms with Gasteiger partial charge < -0.3 is 5.32 Å². The average molecular weight is 243 g/mol. The first-order valence-corrected chi connectivity index (χ1v) is 6.94. The van der Waals surface area contributed by atoms with E-state index in [1.807, 2.05) is 6.92 Å². The zero-order chi connectivity index (χ0) is 13.2. The maximum absolute atomic E-state index is 3.56. The van der Waals surface area contributed by atoms with Crippen LogP contribution in [0.25, 0.3) is 0 Å². The van der Waals surface area contributed by atoms with Gasteiger partial charge in [-0.2, -0.15) is 0 Å². The predicted octanol–water partition coefficient (Wildman–Crippen LogP) is 3.71. The summed E-state index contributed by atoms with van der Waals surface area (Å²) in [6.45, 7) is 7.26. The number of hydrogen-bond acceptors (Lipinski definition) is 1. The Morgan fingerprint density at radius 1 is 1.17 bits per heavy atom. The first kappa shape index (κ1) is 14.8. The minimum Gasteiger partial charge on any atom is -0.314 e. The Bertz CT molecular complexity index is 380. The highest BCUT2D eigenvalue weighted by Crippen LogP contribution is 2.10. The molecule has 1 rings (SSSR count). The Morgan fingerprint density at radius 3 is 2.50 bits per heavy atom. The fourth-order valence-electron chi connectivity index (χ4n) is 2.10. The Balaban J connectivity index is 2.39. The van der Waals surface area contributed by atoms with Crippen LogP contribution >= 0.6 is 0 Å². The highest BCUT2D eigenvalue weighted by atomic mass is 14.9. The second-order valence-electron chi connectivity index (χ2n) is 4.74. The third-order valence-corrected chi connectivity index (χ3v) is 3.19. The van der Waals surface area contributed by atoms with Crippen LogP contribution in [-0.2, 0) is 6.42 Å². The van der Waals surface area contributed by atoms with Crippen molar-refractivity contribution >= 4 is 0 Å². The van der Waals surface area contributed by atoms with Crippen LogP contribution in [0, 0.1) is 18.8 Å². The van der Waals surface area contributed by atoms with E-state index in [9.17, 15) is 0 Å². The van der Waals surface area contributed by atoms with Crippen LogP contribution in [0.2, 0.25) is 0 Å². The summed E-state index contributed by atoms with van der Waals surface area (Å²) in [6.07, 6.45) is 4.50. The van der Waals surface area contributed by atoms with Gasteiger partial charge in [-0.1, -0.05) is 36.8 Å². The molecule has 0 saturated carbocycles. The topological polar surface area (TPSA) is 12.0 Å². The molecule has 0 radical (unpaired) electrons. The molecule has 0 aromatic heterocycles. The molecule has 98 valence electrons. The molecule has 0 spiro atoms. The number of aryl methyl sites for hydroxylation is 2. The summed E-state index contributed by atoms with van der Waals surface area (Å²) in [6, 6.07) is 9.46. The molecule has 0 saturated heterocycles. The Kier molecular flexibility index (Phi) is 7.22. The largest absolute Gasteiger partial charge is 0.314 e. The summed E-state index contributed by atoms with van der Waals surface area (Å²) in [5.74, 6) is 6.12. The van der Waals surface area contributed by atoms with Gasteiger partial charge in [-0.25, -0.2) is 0 Å². The van der Waals surface area contributed by atoms with Crippen LogP contribution in [0.15, 0.2) is 24.3 Å². The van der Waals surface area contributed by atoms with E-state index in [4.69, 9.17) is 0 Å². The van der Waals surface area contributed by atoms with Crippen LogP contribution in [0.5, 0.6) is 0 Å². The Labute approximate surface area is 112 Å². The molecule has 0 amide bonds. The maximum Gasteiger partial charge on any atom is 0.0103 e. The molecule has 18 heavy (non-hydrogen) atoms. The summed E-state index contributed by atoms with van der Waals surface area (Å²) >= 11 is 0. The van der Waals surface area contributed by atoms with E-state index in [0.717, 1.165) is 25.8 Å². The molecule has 1 nitrogen and oxygen atoms in total. The molecule has 1 atom stereocenters. The van der Waals surface area contributed by atoms with Crippen molar-refractivity contribution in [2.45, 2.75) is 52.5 Å². The summed E-state index contributed by atoms with van der Waals surface area (Å²) < 4.78 is 0. The molecule has 0 bridgehead atoms. The van der Waals surface area contributed by atoms with Crippen molar-refractivity contribution in [3.63, 3.8) is 0 Å². The lowest BCUT2D eigenvalue weighted by molar-refractivity contribution is 0.469. The van der Waals surface area contributed by atoms with Gasteiger partial charge in [0.1, 0.15) is 0 Å². The van der Waals surface area contributed by atoms with E-state index in [1.54, 1.807) is 0 Å². The lowest BCUT2D eigenvalue weighted by Gasteiger charge is -2.16. The van der Waals surface area contributed by atoms with Crippen molar-refractivity contribution in [2.24, 2.45) is 0 Å². The zero-order valence-corrected chi connectivity index (χ0v) is 11.9. The molecule has 0 aliphatic heterocycles. The van der Waals surface area contributed by atoms with Crippen LogP contribution in [0.4, 0.5) is 0 Å². The minimum absolute atomic E-state index is 0.595. The zero-order valence-electron chi connectivity index (χ0n) is 11.9. The van der Waals surface area contributed by atoms with Crippen LogP contribution < -0.4 is 5.32 Å². The highest BCUT2D eigenvalue weighted by Gasteiger charge is 2.06. The maximum atomic E-state index is 3.56. The lowest BCUT2D eigenvalue weighted by Crippen LogP contribution is -2.29. The molecular weight excluding hydrogens is 218 g/mol. The normalized spacial score (nSPS) is 11.7. The molecule has 1 unspecified atom stereocenters. The van der Waals surface area contributed by atoms with Crippen molar-refractivity contribution in [1.29, 1.82) is 0 Å². The molecule has 0 fully saturated rings. The van der Waals surface area contributed by atoms with E-state index in [1.165, 1.54) is 17.5 Å². The van der Waals surface area contributed by atoms with Gasteiger partial charge in [0.15, 0.2) is 0 Å². The van der Waals surface area contributed by atoms with Crippen molar-refractivity contribution in [2.75, 3.05) is 6.54 Å². The van der Waals surface area contributed by atoms with Crippen molar-refractivity contribution in [1.82, 2.24) is 5.32 Å². The third kappa shape index (κ3) is 5.89. The first-order chi connectivity index (χ1) is 8.76.